The van der Waals surface area contributed by atoms with Crippen LogP contribution in [-0.4, -0.2) is 54.3 Å². The number of carbonyl (C=O) groups excluding carboxylic acids is 4. The first-order valence-electron chi connectivity index (χ1n) is 10.7. The lowest BCUT2D eigenvalue weighted by atomic mass is 9.76. The van der Waals surface area contributed by atoms with Crippen LogP contribution in [0.25, 0.3) is 0 Å². The molecule has 3 saturated heterocycles. The summed E-state index contributed by atoms with van der Waals surface area (Å²) in [6.45, 7) is 0.755. The molecule has 0 spiro atoms. The minimum absolute atomic E-state index is 0.326. The Morgan fingerprint density at radius 1 is 1.09 bits per heavy atom. The number of hydrogen-bond donors (Lipinski definition) is 1. The van der Waals surface area contributed by atoms with E-state index in [1.54, 1.807) is 24.3 Å². The number of hydrogen-bond acceptors (Lipinski definition) is 6. The predicted octanol–water partition coefficient (Wildman–Crippen LogP) is 1.93. The summed E-state index contributed by atoms with van der Waals surface area (Å²) in [5.74, 6) is -3.82. The number of rotatable bonds is 4. The molecule has 3 fully saturated rings. The molecule has 3 aliphatic heterocycles. The van der Waals surface area contributed by atoms with Crippen LogP contribution in [0.5, 0.6) is 0 Å². The van der Waals surface area contributed by atoms with Gasteiger partial charge in [-0.3, -0.25) is 24.1 Å². The van der Waals surface area contributed by atoms with Gasteiger partial charge in [0, 0.05) is 24.2 Å². The summed E-state index contributed by atoms with van der Waals surface area (Å²) in [6.07, 6.45) is -0.326. The molecular formula is C24H22ClN3O5. The molecule has 0 saturated carbocycles. The minimum Gasteiger partial charge on any atom is -0.469 e. The number of amides is 3. The molecule has 4 atom stereocenters. The number of ether oxygens (including phenoxy) is 1. The molecule has 3 aliphatic rings. The second-order valence-electron chi connectivity index (χ2n) is 8.47. The third-order valence-electron chi connectivity index (χ3n) is 6.95. The Labute approximate surface area is 195 Å². The third kappa shape index (κ3) is 3.08. The Hall–Kier alpha value is -3.23. The number of carbonyl (C=O) groups is 4. The lowest BCUT2D eigenvalue weighted by molar-refractivity contribution is -0.154. The number of methoxy groups -OCH3 is 1. The molecule has 33 heavy (non-hydrogen) atoms. The number of esters is 1. The van der Waals surface area contributed by atoms with Crippen molar-refractivity contribution in [3.63, 3.8) is 0 Å². The molecule has 0 bridgehead atoms. The summed E-state index contributed by atoms with van der Waals surface area (Å²) in [6, 6.07) is 15.2. The second kappa shape index (κ2) is 7.97. The van der Waals surface area contributed by atoms with Crippen LogP contribution < -0.4 is 10.2 Å². The van der Waals surface area contributed by atoms with Crippen LogP contribution in [-0.2, 0) is 23.9 Å². The summed E-state index contributed by atoms with van der Waals surface area (Å²) in [5, 5.41) is 3.29. The van der Waals surface area contributed by atoms with E-state index >= 15 is 0 Å². The number of piperazine rings is 1. The van der Waals surface area contributed by atoms with E-state index in [1.165, 1.54) is 7.11 Å². The van der Waals surface area contributed by atoms with E-state index in [0.29, 0.717) is 23.8 Å². The van der Waals surface area contributed by atoms with Gasteiger partial charge in [-0.05, 0) is 29.8 Å². The molecule has 9 heteroatoms. The van der Waals surface area contributed by atoms with Crippen LogP contribution in [0.4, 0.5) is 5.69 Å². The Kier molecular flexibility index (Phi) is 5.22. The van der Waals surface area contributed by atoms with Crippen molar-refractivity contribution in [2.24, 2.45) is 11.8 Å². The number of halogens is 1. The van der Waals surface area contributed by atoms with Crippen LogP contribution in [0, 0.1) is 11.8 Å². The highest BCUT2D eigenvalue weighted by Crippen LogP contribution is 2.57. The summed E-state index contributed by atoms with van der Waals surface area (Å²) in [4.78, 5) is 56.6. The molecule has 2 aromatic rings. The largest absolute Gasteiger partial charge is 0.469 e. The van der Waals surface area contributed by atoms with E-state index in [9.17, 15) is 19.2 Å². The van der Waals surface area contributed by atoms with Gasteiger partial charge in [-0.25, -0.2) is 4.90 Å². The monoisotopic (exact) mass is 467 g/mol. The zero-order valence-electron chi connectivity index (χ0n) is 17.9. The number of nitrogens with one attached hydrogen (secondary N) is 1. The van der Waals surface area contributed by atoms with Gasteiger partial charge >= 0.3 is 5.97 Å². The van der Waals surface area contributed by atoms with E-state index < -0.39 is 47.1 Å². The predicted molar refractivity (Wildman–Crippen MR) is 119 cm³/mol. The quantitative estimate of drug-likeness (QED) is 0.545. The first kappa shape index (κ1) is 21.6. The molecule has 8 nitrogen and oxygen atoms in total. The van der Waals surface area contributed by atoms with Gasteiger partial charge in [-0.15, -0.1) is 0 Å². The molecule has 1 N–H and O–H groups in total. The second-order valence-corrected chi connectivity index (χ2v) is 8.91. The van der Waals surface area contributed by atoms with E-state index in [4.69, 9.17) is 16.3 Å². The van der Waals surface area contributed by atoms with Crippen LogP contribution >= 0.6 is 11.6 Å². The molecule has 5 rings (SSSR count). The van der Waals surface area contributed by atoms with Crippen molar-refractivity contribution in [2.45, 2.75) is 18.0 Å². The van der Waals surface area contributed by atoms with Gasteiger partial charge in [0.15, 0.2) is 0 Å². The molecule has 0 unspecified atom stereocenters. The Balaban J connectivity index is 1.70. The summed E-state index contributed by atoms with van der Waals surface area (Å²) in [5.41, 5.74) is -0.329. The molecule has 2 aromatic carbocycles. The van der Waals surface area contributed by atoms with Crippen molar-refractivity contribution < 1.29 is 23.9 Å². The van der Waals surface area contributed by atoms with E-state index in [1.807, 2.05) is 35.2 Å². The van der Waals surface area contributed by atoms with Crippen LogP contribution in [0.15, 0.2) is 54.6 Å². The highest BCUT2D eigenvalue weighted by Gasteiger charge is 2.73. The lowest BCUT2D eigenvalue weighted by Crippen LogP contribution is -2.67. The fourth-order valence-corrected chi connectivity index (χ4v) is 5.78. The van der Waals surface area contributed by atoms with Crippen LogP contribution in [0.3, 0.4) is 0 Å². The smallest absolute Gasteiger partial charge is 0.307 e. The van der Waals surface area contributed by atoms with Gasteiger partial charge in [-0.2, -0.15) is 0 Å². The Bertz CT molecular complexity index is 1140. The number of nitrogens with zero attached hydrogens (tertiary/aromatic N) is 2. The maximum Gasteiger partial charge on any atom is 0.307 e. The zero-order valence-corrected chi connectivity index (χ0v) is 18.6. The molecule has 0 aromatic heterocycles. The van der Waals surface area contributed by atoms with Crippen molar-refractivity contribution >= 4 is 41.0 Å². The maximum absolute atomic E-state index is 13.8. The Morgan fingerprint density at radius 2 is 1.79 bits per heavy atom. The van der Waals surface area contributed by atoms with Crippen molar-refractivity contribution in [3.05, 3.63) is 65.2 Å². The number of benzene rings is 2. The molecular weight excluding hydrogens is 446 g/mol. The lowest BCUT2D eigenvalue weighted by Gasteiger charge is -2.45. The summed E-state index contributed by atoms with van der Waals surface area (Å²) < 4.78 is 4.91. The topological polar surface area (TPSA) is 96.0 Å². The maximum atomic E-state index is 13.8. The fraction of sp³-hybridized carbons (Fsp3) is 0.333. The third-order valence-corrected chi connectivity index (χ3v) is 7.20. The minimum atomic E-state index is -1.52. The van der Waals surface area contributed by atoms with Gasteiger partial charge in [0.1, 0.15) is 5.54 Å². The number of imide groups is 1. The highest BCUT2D eigenvalue weighted by atomic mass is 35.5. The number of fused-ring (bicyclic) bond motifs is 3. The van der Waals surface area contributed by atoms with E-state index in [-0.39, 0.29) is 6.42 Å². The SMILES string of the molecule is COC(=O)C[C@@]12C(=O)NCCN1[C@@H](c1ccccc1)[C@H]1C(=O)N(c3ccc(Cl)cc3)C(=O)[C@@H]12. The number of anilines is 1. The van der Waals surface area contributed by atoms with Gasteiger partial charge < -0.3 is 10.1 Å². The first-order valence-corrected chi connectivity index (χ1v) is 11.1. The van der Waals surface area contributed by atoms with Gasteiger partial charge in [0.05, 0.1) is 31.1 Å². The molecule has 3 amide bonds. The van der Waals surface area contributed by atoms with Gasteiger partial charge in [-0.1, -0.05) is 41.9 Å². The average Bonchev–Trinajstić information content (AvgIpc) is 3.26. The summed E-state index contributed by atoms with van der Waals surface area (Å²) >= 11 is 6.00. The van der Waals surface area contributed by atoms with Crippen molar-refractivity contribution in [1.29, 1.82) is 0 Å². The van der Waals surface area contributed by atoms with Crippen molar-refractivity contribution in [1.82, 2.24) is 10.2 Å². The first-order chi connectivity index (χ1) is 15.9. The van der Waals surface area contributed by atoms with Gasteiger partial charge in [0.25, 0.3) is 0 Å². The fourth-order valence-electron chi connectivity index (χ4n) is 5.65. The average molecular weight is 468 g/mol. The summed E-state index contributed by atoms with van der Waals surface area (Å²) in [7, 11) is 1.24. The van der Waals surface area contributed by atoms with E-state index in [2.05, 4.69) is 5.32 Å². The van der Waals surface area contributed by atoms with Crippen molar-refractivity contribution in [3.8, 4) is 0 Å². The van der Waals surface area contributed by atoms with Crippen LogP contribution in [0.2, 0.25) is 5.02 Å². The molecule has 0 radical (unpaired) electrons. The van der Waals surface area contributed by atoms with Crippen molar-refractivity contribution in [2.75, 3.05) is 25.1 Å². The Morgan fingerprint density at radius 3 is 2.45 bits per heavy atom. The zero-order chi connectivity index (χ0) is 23.3. The standard InChI is InChI=1S/C24H22ClN3O5/c1-33-17(29)13-24-19-18(21(30)28(22(19)31)16-9-7-15(25)8-10-16)20(14-5-3-2-4-6-14)27(24)12-11-26-23(24)32/h2-10,18-20H,11-13H2,1H3,(H,26,32)/t18-,19+,20-,24+/m0/s1. The highest BCUT2D eigenvalue weighted by molar-refractivity contribution is 6.31. The molecule has 170 valence electrons. The molecule has 3 heterocycles. The normalized spacial score (nSPS) is 29.0. The van der Waals surface area contributed by atoms with E-state index in [0.717, 1.165) is 10.5 Å². The van der Waals surface area contributed by atoms with Crippen LogP contribution in [0.1, 0.15) is 18.0 Å². The molecule has 0 aliphatic carbocycles. The van der Waals surface area contributed by atoms with Gasteiger partial charge in [0.2, 0.25) is 17.7 Å².